The number of likely N-dealkylation sites (tertiary alicyclic amines) is 1. The molecule has 4 heterocycles. The Morgan fingerprint density at radius 3 is 2.92 bits per heavy atom. The number of ether oxygens (including phenoxy) is 3. The third kappa shape index (κ3) is 3.54. The molecule has 0 aromatic carbocycles. The van der Waals surface area contributed by atoms with E-state index in [1.54, 1.807) is 6.20 Å². The molecule has 0 radical (unpaired) electrons. The highest BCUT2D eigenvalue weighted by Crippen LogP contribution is 2.32. The maximum absolute atomic E-state index is 6.07. The number of pyridine rings is 2. The fraction of sp³-hybridized carbons (Fsp3) is 0.474. The molecule has 0 aliphatic carbocycles. The van der Waals surface area contributed by atoms with E-state index >= 15 is 0 Å². The Bertz CT molecular complexity index is 735. The van der Waals surface area contributed by atoms with E-state index in [1.807, 2.05) is 31.2 Å². The Hall–Kier alpha value is -2.34. The summed E-state index contributed by atoms with van der Waals surface area (Å²) < 4.78 is 17.2. The van der Waals surface area contributed by atoms with Gasteiger partial charge in [-0.1, -0.05) is 0 Å². The second-order valence-electron chi connectivity index (χ2n) is 6.57. The van der Waals surface area contributed by atoms with Gasteiger partial charge in [0.2, 0.25) is 0 Å². The lowest BCUT2D eigenvalue weighted by Gasteiger charge is -2.25. The molecule has 0 saturated carbocycles. The summed E-state index contributed by atoms with van der Waals surface area (Å²) in [6, 6.07) is 8.15. The highest BCUT2D eigenvalue weighted by atomic mass is 16.6. The van der Waals surface area contributed by atoms with Crippen LogP contribution in [0.25, 0.3) is 0 Å². The Balaban J connectivity index is 1.40. The maximum Gasteiger partial charge on any atom is 0.257 e. The normalized spacial score (nSPS) is 21.1. The summed E-state index contributed by atoms with van der Waals surface area (Å²) in [7, 11) is 0. The van der Waals surface area contributed by atoms with Crippen molar-refractivity contribution < 1.29 is 14.2 Å². The summed E-state index contributed by atoms with van der Waals surface area (Å²) in [5.41, 5.74) is 2.00. The van der Waals surface area contributed by atoms with Crippen LogP contribution in [0.15, 0.2) is 30.5 Å². The van der Waals surface area contributed by atoms with Gasteiger partial charge in [0, 0.05) is 24.8 Å². The molecule has 25 heavy (non-hydrogen) atoms. The van der Waals surface area contributed by atoms with E-state index in [0.29, 0.717) is 19.1 Å². The van der Waals surface area contributed by atoms with Gasteiger partial charge in [-0.15, -0.1) is 0 Å². The summed E-state index contributed by atoms with van der Waals surface area (Å²) in [6.45, 7) is 7.16. The van der Waals surface area contributed by atoms with Crippen molar-refractivity contribution in [2.45, 2.75) is 32.4 Å². The first-order valence-corrected chi connectivity index (χ1v) is 8.79. The molecule has 132 valence electrons. The number of fused-ring (bicyclic) bond motifs is 1. The maximum atomic E-state index is 6.07. The van der Waals surface area contributed by atoms with Gasteiger partial charge in [0.05, 0.1) is 11.9 Å². The van der Waals surface area contributed by atoms with Gasteiger partial charge >= 0.3 is 0 Å². The van der Waals surface area contributed by atoms with Crippen molar-refractivity contribution in [3.8, 4) is 17.4 Å². The van der Waals surface area contributed by atoms with E-state index in [0.717, 1.165) is 42.4 Å². The minimum Gasteiger partial charge on any atom is -0.487 e. The zero-order chi connectivity index (χ0) is 17.2. The minimum atomic E-state index is 0.184. The van der Waals surface area contributed by atoms with E-state index in [2.05, 4.69) is 21.8 Å². The van der Waals surface area contributed by atoms with Gasteiger partial charge in [0.1, 0.15) is 25.1 Å². The lowest BCUT2D eigenvalue weighted by Crippen LogP contribution is -2.28. The van der Waals surface area contributed by atoms with Gasteiger partial charge in [0.25, 0.3) is 5.88 Å². The van der Waals surface area contributed by atoms with Crippen LogP contribution in [0.3, 0.4) is 0 Å². The fourth-order valence-corrected chi connectivity index (χ4v) is 3.28. The molecule has 0 bridgehead atoms. The van der Waals surface area contributed by atoms with Crippen LogP contribution in [-0.4, -0.2) is 47.3 Å². The smallest absolute Gasteiger partial charge is 0.257 e. The highest BCUT2D eigenvalue weighted by Gasteiger charge is 2.29. The molecule has 1 fully saturated rings. The molecule has 2 aliphatic heterocycles. The second-order valence-corrected chi connectivity index (χ2v) is 6.57. The first kappa shape index (κ1) is 16.1. The van der Waals surface area contributed by atoms with Crippen LogP contribution in [0.5, 0.6) is 17.4 Å². The van der Waals surface area contributed by atoms with Crippen molar-refractivity contribution in [3.05, 3.63) is 41.9 Å². The largest absolute Gasteiger partial charge is 0.487 e. The van der Waals surface area contributed by atoms with E-state index in [1.165, 1.54) is 0 Å². The number of rotatable bonds is 4. The molecule has 1 unspecified atom stereocenters. The van der Waals surface area contributed by atoms with Crippen molar-refractivity contribution >= 4 is 0 Å². The van der Waals surface area contributed by atoms with Gasteiger partial charge < -0.3 is 14.2 Å². The standard InChI is InChI=1S/C19H23N3O3/c1-13-3-4-15(11-20-13)25-16-7-8-22(12-16)14(2)17-5-6-18-19(21-17)24-10-9-23-18/h3-6,11,14,16H,7-10,12H2,1-2H3/t14?,16-/m0/s1. The highest BCUT2D eigenvalue weighted by molar-refractivity contribution is 5.36. The number of hydrogen-bond donors (Lipinski definition) is 0. The molecular formula is C19H23N3O3. The zero-order valence-corrected chi connectivity index (χ0v) is 14.6. The molecule has 1 saturated heterocycles. The number of hydrogen-bond acceptors (Lipinski definition) is 6. The Labute approximate surface area is 147 Å². The molecular weight excluding hydrogens is 318 g/mol. The topological polar surface area (TPSA) is 56.7 Å². The van der Waals surface area contributed by atoms with E-state index in [4.69, 9.17) is 14.2 Å². The van der Waals surface area contributed by atoms with Crippen LogP contribution >= 0.6 is 0 Å². The Morgan fingerprint density at radius 2 is 2.08 bits per heavy atom. The summed E-state index contributed by atoms with van der Waals surface area (Å²) in [4.78, 5) is 11.3. The molecule has 6 heteroatoms. The minimum absolute atomic E-state index is 0.184. The number of aryl methyl sites for hydroxylation is 1. The van der Waals surface area contributed by atoms with Crippen LogP contribution in [0, 0.1) is 6.92 Å². The third-order valence-corrected chi connectivity index (χ3v) is 4.77. The molecule has 2 atom stereocenters. The van der Waals surface area contributed by atoms with Crippen LogP contribution in [0.1, 0.15) is 30.8 Å². The summed E-state index contributed by atoms with van der Waals surface area (Å²) >= 11 is 0. The van der Waals surface area contributed by atoms with Gasteiger partial charge in [-0.25, -0.2) is 4.98 Å². The molecule has 0 amide bonds. The summed E-state index contributed by atoms with van der Waals surface area (Å²) in [5, 5.41) is 0. The summed E-state index contributed by atoms with van der Waals surface area (Å²) in [6.07, 6.45) is 2.98. The molecule has 0 N–H and O–H groups in total. The molecule has 4 rings (SSSR count). The number of nitrogens with zero attached hydrogens (tertiary/aromatic N) is 3. The lowest BCUT2D eigenvalue weighted by atomic mass is 10.2. The summed E-state index contributed by atoms with van der Waals surface area (Å²) in [5.74, 6) is 2.17. The third-order valence-electron chi connectivity index (χ3n) is 4.77. The first-order chi connectivity index (χ1) is 12.2. The molecule has 2 aromatic heterocycles. The van der Waals surface area contributed by atoms with Gasteiger partial charge in [-0.05, 0) is 44.5 Å². The average molecular weight is 341 g/mol. The van der Waals surface area contributed by atoms with Gasteiger partial charge in [-0.3, -0.25) is 9.88 Å². The average Bonchev–Trinajstić information content (AvgIpc) is 3.11. The van der Waals surface area contributed by atoms with E-state index < -0.39 is 0 Å². The molecule has 6 nitrogen and oxygen atoms in total. The Kier molecular flexibility index (Phi) is 4.44. The SMILES string of the molecule is Cc1ccc(O[C@H]2CCN(C(C)c3ccc4c(n3)OCCO4)C2)cn1. The van der Waals surface area contributed by atoms with Crippen molar-refractivity contribution in [1.82, 2.24) is 14.9 Å². The Morgan fingerprint density at radius 1 is 1.20 bits per heavy atom. The van der Waals surface area contributed by atoms with Gasteiger partial charge in [0.15, 0.2) is 5.75 Å². The second kappa shape index (κ2) is 6.88. The lowest BCUT2D eigenvalue weighted by molar-refractivity contribution is 0.160. The quantitative estimate of drug-likeness (QED) is 0.852. The van der Waals surface area contributed by atoms with Gasteiger partial charge in [-0.2, -0.15) is 0 Å². The molecule has 2 aliphatic rings. The van der Waals surface area contributed by atoms with Crippen molar-refractivity contribution in [3.63, 3.8) is 0 Å². The first-order valence-electron chi connectivity index (χ1n) is 8.79. The molecule has 0 spiro atoms. The zero-order valence-electron chi connectivity index (χ0n) is 14.6. The van der Waals surface area contributed by atoms with Crippen molar-refractivity contribution in [1.29, 1.82) is 0 Å². The van der Waals surface area contributed by atoms with E-state index in [9.17, 15) is 0 Å². The predicted octanol–water partition coefficient (Wildman–Crippen LogP) is 2.77. The monoisotopic (exact) mass is 341 g/mol. The van der Waals surface area contributed by atoms with Crippen LogP contribution < -0.4 is 14.2 Å². The van der Waals surface area contributed by atoms with Crippen LogP contribution in [0.4, 0.5) is 0 Å². The van der Waals surface area contributed by atoms with E-state index in [-0.39, 0.29) is 12.1 Å². The van der Waals surface area contributed by atoms with Crippen molar-refractivity contribution in [2.24, 2.45) is 0 Å². The van der Waals surface area contributed by atoms with Crippen LogP contribution in [-0.2, 0) is 0 Å². The predicted molar refractivity (Wildman–Crippen MR) is 93.2 cm³/mol. The molecule has 2 aromatic rings. The van der Waals surface area contributed by atoms with Crippen molar-refractivity contribution in [2.75, 3.05) is 26.3 Å². The van der Waals surface area contributed by atoms with Crippen LogP contribution in [0.2, 0.25) is 0 Å². The number of aromatic nitrogens is 2. The fourth-order valence-electron chi connectivity index (χ4n) is 3.28.